The SMILES string of the molecule is Cc1ccc(NC(=S)NCc2nc(-c3cccs3)no2)c(C)c1. The van der Waals surface area contributed by atoms with Gasteiger partial charge in [0.15, 0.2) is 5.11 Å². The lowest BCUT2D eigenvalue weighted by Crippen LogP contribution is -2.28. The van der Waals surface area contributed by atoms with E-state index in [2.05, 4.69) is 33.8 Å². The second-order valence-electron chi connectivity index (χ2n) is 5.12. The molecule has 0 fully saturated rings. The Balaban J connectivity index is 1.57. The topological polar surface area (TPSA) is 63.0 Å². The molecule has 0 aliphatic carbocycles. The summed E-state index contributed by atoms with van der Waals surface area (Å²) >= 11 is 6.88. The Morgan fingerprint density at radius 2 is 2.17 bits per heavy atom. The normalized spacial score (nSPS) is 10.5. The second-order valence-corrected chi connectivity index (χ2v) is 6.47. The summed E-state index contributed by atoms with van der Waals surface area (Å²) < 4.78 is 5.22. The zero-order valence-corrected chi connectivity index (χ0v) is 14.4. The Morgan fingerprint density at radius 3 is 2.91 bits per heavy atom. The first kappa shape index (κ1) is 15.6. The number of benzene rings is 1. The molecule has 2 heterocycles. The maximum Gasteiger partial charge on any atom is 0.246 e. The van der Waals surface area contributed by atoms with E-state index in [0.29, 0.717) is 23.4 Å². The van der Waals surface area contributed by atoms with Crippen LogP contribution in [0.1, 0.15) is 17.0 Å². The Labute approximate surface area is 143 Å². The quantitative estimate of drug-likeness (QED) is 0.700. The minimum atomic E-state index is 0.384. The molecule has 7 heteroatoms. The average Bonchev–Trinajstić information content (AvgIpc) is 3.18. The standard InChI is InChI=1S/C16H16N4OS2/c1-10-5-6-12(11(2)8-10)18-16(22)17-9-14-19-15(20-21-14)13-4-3-7-23-13/h3-8H,9H2,1-2H3,(H2,17,18,22). The Bertz CT molecular complexity index is 811. The van der Waals surface area contributed by atoms with E-state index in [1.54, 1.807) is 11.3 Å². The van der Waals surface area contributed by atoms with Crippen LogP contribution >= 0.6 is 23.6 Å². The number of aromatic nitrogens is 2. The molecule has 0 aliphatic rings. The van der Waals surface area contributed by atoms with E-state index in [0.717, 1.165) is 16.1 Å². The number of nitrogens with one attached hydrogen (secondary N) is 2. The van der Waals surface area contributed by atoms with Crippen molar-refractivity contribution in [1.29, 1.82) is 0 Å². The molecule has 0 spiro atoms. The highest BCUT2D eigenvalue weighted by Gasteiger charge is 2.09. The predicted octanol–water partition coefficient (Wildman–Crippen LogP) is 3.90. The highest BCUT2D eigenvalue weighted by Crippen LogP contribution is 2.21. The molecule has 3 rings (SSSR count). The van der Waals surface area contributed by atoms with Gasteiger partial charge in [0.2, 0.25) is 11.7 Å². The molecule has 118 valence electrons. The van der Waals surface area contributed by atoms with Gasteiger partial charge >= 0.3 is 0 Å². The maximum atomic E-state index is 5.30. The van der Waals surface area contributed by atoms with Gasteiger partial charge in [-0.15, -0.1) is 11.3 Å². The first-order valence-corrected chi connectivity index (χ1v) is 8.39. The van der Waals surface area contributed by atoms with E-state index in [-0.39, 0.29) is 0 Å². The monoisotopic (exact) mass is 344 g/mol. The summed E-state index contributed by atoms with van der Waals surface area (Å²) in [5.74, 6) is 1.10. The minimum Gasteiger partial charge on any atom is -0.353 e. The molecule has 2 N–H and O–H groups in total. The molecule has 0 radical (unpaired) electrons. The van der Waals surface area contributed by atoms with Gasteiger partial charge in [0.1, 0.15) is 0 Å². The van der Waals surface area contributed by atoms with Gasteiger partial charge < -0.3 is 15.2 Å². The number of rotatable bonds is 4. The van der Waals surface area contributed by atoms with Crippen molar-refractivity contribution in [2.45, 2.75) is 20.4 Å². The van der Waals surface area contributed by atoms with E-state index in [1.807, 2.05) is 36.6 Å². The van der Waals surface area contributed by atoms with E-state index < -0.39 is 0 Å². The average molecular weight is 344 g/mol. The zero-order valence-electron chi connectivity index (χ0n) is 12.8. The van der Waals surface area contributed by atoms with Gasteiger partial charge in [0.05, 0.1) is 11.4 Å². The zero-order chi connectivity index (χ0) is 16.2. The lowest BCUT2D eigenvalue weighted by Gasteiger charge is -2.11. The number of hydrogen-bond donors (Lipinski definition) is 2. The van der Waals surface area contributed by atoms with Crippen LogP contribution in [0, 0.1) is 13.8 Å². The molecule has 0 amide bonds. The van der Waals surface area contributed by atoms with Gasteiger partial charge in [-0.05, 0) is 49.1 Å². The van der Waals surface area contributed by atoms with E-state index in [1.165, 1.54) is 5.56 Å². The number of aryl methyl sites for hydroxylation is 2. The van der Waals surface area contributed by atoms with E-state index in [9.17, 15) is 0 Å². The van der Waals surface area contributed by atoms with Gasteiger partial charge in [0.25, 0.3) is 0 Å². The summed E-state index contributed by atoms with van der Waals surface area (Å²) in [6.45, 7) is 4.49. The fourth-order valence-corrected chi connectivity index (χ4v) is 2.94. The third-order valence-electron chi connectivity index (χ3n) is 3.24. The third-order valence-corrected chi connectivity index (χ3v) is 4.35. The predicted molar refractivity (Wildman–Crippen MR) is 96.6 cm³/mol. The van der Waals surface area contributed by atoms with Crippen molar-refractivity contribution in [3.8, 4) is 10.7 Å². The molecular formula is C16H16N4OS2. The second kappa shape index (κ2) is 6.89. The molecule has 0 bridgehead atoms. The molecule has 0 atom stereocenters. The molecule has 23 heavy (non-hydrogen) atoms. The Kier molecular flexibility index (Phi) is 4.68. The molecule has 2 aromatic heterocycles. The molecular weight excluding hydrogens is 328 g/mol. The number of anilines is 1. The van der Waals surface area contributed by atoms with Crippen molar-refractivity contribution >= 4 is 34.4 Å². The highest BCUT2D eigenvalue weighted by atomic mass is 32.1. The highest BCUT2D eigenvalue weighted by molar-refractivity contribution is 7.80. The third kappa shape index (κ3) is 3.94. The van der Waals surface area contributed by atoms with Crippen molar-refractivity contribution in [3.63, 3.8) is 0 Å². The lowest BCUT2D eigenvalue weighted by molar-refractivity contribution is 0.376. The fraction of sp³-hybridized carbons (Fsp3) is 0.188. The maximum absolute atomic E-state index is 5.30. The van der Waals surface area contributed by atoms with Crippen LogP contribution in [-0.2, 0) is 6.54 Å². The minimum absolute atomic E-state index is 0.384. The van der Waals surface area contributed by atoms with Crippen LogP contribution in [-0.4, -0.2) is 15.3 Å². The summed E-state index contributed by atoms with van der Waals surface area (Å²) in [5, 5.41) is 12.7. The van der Waals surface area contributed by atoms with Crippen LogP contribution < -0.4 is 10.6 Å². The largest absolute Gasteiger partial charge is 0.353 e. The summed E-state index contributed by atoms with van der Waals surface area (Å²) in [5.41, 5.74) is 3.35. The first-order chi connectivity index (χ1) is 11.1. The van der Waals surface area contributed by atoms with Crippen molar-refractivity contribution in [1.82, 2.24) is 15.5 Å². The van der Waals surface area contributed by atoms with Crippen LogP contribution in [0.4, 0.5) is 5.69 Å². The van der Waals surface area contributed by atoms with Gasteiger partial charge in [-0.1, -0.05) is 28.9 Å². The van der Waals surface area contributed by atoms with Crippen molar-refractivity contribution < 1.29 is 4.52 Å². The Hall–Kier alpha value is -2.25. The van der Waals surface area contributed by atoms with Crippen molar-refractivity contribution in [2.24, 2.45) is 0 Å². The van der Waals surface area contributed by atoms with Gasteiger partial charge in [-0.25, -0.2) is 0 Å². The van der Waals surface area contributed by atoms with Crippen LogP contribution in [0.15, 0.2) is 40.2 Å². The molecule has 0 unspecified atom stereocenters. The van der Waals surface area contributed by atoms with Gasteiger partial charge in [-0.3, -0.25) is 0 Å². The molecule has 5 nitrogen and oxygen atoms in total. The molecule has 0 aliphatic heterocycles. The van der Waals surface area contributed by atoms with E-state index >= 15 is 0 Å². The smallest absolute Gasteiger partial charge is 0.246 e. The number of thiocarbonyl (C=S) groups is 1. The number of nitrogens with zero attached hydrogens (tertiary/aromatic N) is 2. The molecule has 0 saturated heterocycles. The number of hydrogen-bond acceptors (Lipinski definition) is 5. The fourth-order valence-electron chi connectivity index (χ4n) is 2.11. The van der Waals surface area contributed by atoms with Crippen LogP contribution in [0.3, 0.4) is 0 Å². The van der Waals surface area contributed by atoms with Crippen molar-refractivity contribution in [2.75, 3.05) is 5.32 Å². The molecule has 0 saturated carbocycles. The Morgan fingerprint density at radius 1 is 1.30 bits per heavy atom. The summed E-state index contributed by atoms with van der Waals surface area (Å²) in [7, 11) is 0. The van der Waals surface area contributed by atoms with Gasteiger partial charge in [0, 0.05) is 5.69 Å². The molecule has 1 aromatic carbocycles. The van der Waals surface area contributed by atoms with Crippen molar-refractivity contribution in [3.05, 3.63) is 52.7 Å². The first-order valence-electron chi connectivity index (χ1n) is 7.10. The summed E-state index contributed by atoms with van der Waals surface area (Å²) in [4.78, 5) is 5.33. The summed E-state index contributed by atoms with van der Waals surface area (Å²) in [6, 6.07) is 10.1. The van der Waals surface area contributed by atoms with E-state index in [4.69, 9.17) is 16.7 Å². The van der Waals surface area contributed by atoms with Crippen LogP contribution in [0.5, 0.6) is 0 Å². The number of thiophene rings is 1. The van der Waals surface area contributed by atoms with Crippen LogP contribution in [0.2, 0.25) is 0 Å². The molecule has 3 aromatic rings. The van der Waals surface area contributed by atoms with Gasteiger partial charge in [-0.2, -0.15) is 4.98 Å². The lowest BCUT2D eigenvalue weighted by atomic mass is 10.1. The van der Waals surface area contributed by atoms with Crippen LogP contribution in [0.25, 0.3) is 10.7 Å². The summed E-state index contributed by atoms with van der Waals surface area (Å²) in [6.07, 6.45) is 0.